The van der Waals surface area contributed by atoms with Crippen LogP contribution in [0.4, 0.5) is 5.69 Å². The van der Waals surface area contributed by atoms with Crippen LogP contribution in [-0.2, 0) is 11.8 Å². The van der Waals surface area contributed by atoms with Gasteiger partial charge in [0.05, 0.1) is 17.2 Å². The highest BCUT2D eigenvalue weighted by Gasteiger charge is 2.41. The van der Waals surface area contributed by atoms with Crippen LogP contribution >= 0.6 is 0 Å². The maximum absolute atomic E-state index is 13.9. The molecule has 250 valence electrons. The minimum Gasteiger partial charge on any atom is -0.371 e. The molecular formula is C40H59N5O. The van der Waals surface area contributed by atoms with Gasteiger partial charge in [0.15, 0.2) is 5.78 Å². The Hall–Kier alpha value is -3.14. The maximum atomic E-state index is 13.9. The van der Waals surface area contributed by atoms with Crippen LogP contribution in [0.3, 0.4) is 0 Å². The van der Waals surface area contributed by atoms with Crippen LogP contribution in [0.15, 0.2) is 30.3 Å². The van der Waals surface area contributed by atoms with Gasteiger partial charge in [-0.05, 0) is 67.6 Å². The van der Waals surface area contributed by atoms with Crippen molar-refractivity contribution in [2.24, 2.45) is 5.92 Å². The molecule has 2 aliphatic heterocycles. The van der Waals surface area contributed by atoms with E-state index in [4.69, 9.17) is 0 Å². The smallest absolute Gasteiger partial charge is 0.195 e. The van der Waals surface area contributed by atoms with Gasteiger partial charge in [-0.2, -0.15) is 5.26 Å². The molecule has 3 aliphatic rings. The largest absolute Gasteiger partial charge is 0.371 e. The zero-order valence-corrected chi connectivity index (χ0v) is 30.2. The van der Waals surface area contributed by atoms with E-state index in [1.54, 1.807) is 6.07 Å². The van der Waals surface area contributed by atoms with Gasteiger partial charge in [-0.15, -0.1) is 0 Å². The van der Waals surface area contributed by atoms with Gasteiger partial charge in [0.25, 0.3) is 0 Å². The van der Waals surface area contributed by atoms with Crippen molar-refractivity contribution in [3.8, 4) is 6.07 Å². The second-order valence-electron chi connectivity index (χ2n) is 14.4. The summed E-state index contributed by atoms with van der Waals surface area (Å²) < 4.78 is 0. The minimum absolute atomic E-state index is 0.0929. The number of rotatable bonds is 5. The summed E-state index contributed by atoms with van der Waals surface area (Å²) in [6, 6.07) is 13.0. The summed E-state index contributed by atoms with van der Waals surface area (Å²) in [5.41, 5.74) is 7.33. The summed E-state index contributed by atoms with van der Waals surface area (Å²) in [4.78, 5) is 25.1. The lowest BCUT2D eigenvalue weighted by molar-refractivity contribution is 0.0982. The highest BCUT2D eigenvalue weighted by Crippen LogP contribution is 2.46. The van der Waals surface area contributed by atoms with E-state index in [1.165, 1.54) is 69.5 Å². The first-order valence-corrected chi connectivity index (χ1v) is 18.0. The molecule has 0 bridgehead atoms. The van der Waals surface area contributed by atoms with Crippen molar-refractivity contribution in [2.75, 3.05) is 51.2 Å². The number of unbranched alkanes of at least 4 members (excludes halogenated alkanes) is 1. The number of piperazine rings is 1. The standard InChI is InChI=1S/C31H37N5O.C5H12.C4H10/c1-5-21-17-24-25(18-27(21)36-10-8-22(9-11-36)35-14-12-34(4)13-15-35)31(2,3)30-28(29(24)37)23-7-6-20(19-32)16-26(23)33-30;1-4-5(2)3;1-3-4-2/h6-7,16-18,22,33H,5,8-15H2,1-4H3;5H,4H2,1-3H3;3-4H2,1-2H3. The molecule has 46 heavy (non-hydrogen) atoms. The molecule has 0 amide bonds. The summed E-state index contributed by atoms with van der Waals surface area (Å²) in [5.74, 6) is 0.977. The Bertz CT molecular complexity index is 1510. The molecule has 1 aromatic heterocycles. The number of aromatic amines is 1. The minimum atomic E-state index is -0.344. The Balaban J connectivity index is 0.000000474. The van der Waals surface area contributed by atoms with Crippen LogP contribution in [0.5, 0.6) is 0 Å². The first-order valence-electron chi connectivity index (χ1n) is 18.0. The number of nitrogens with zero attached hydrogens (tertiary/aromatic N) is 4. The normalized spacial score (nSPS) is 18.3. The highest BCUT2D eigenvalue weighted by molar-refractivity contribution is 6.20. The number of H-pyrrole nitrogens is 1. The first-order chi connectivity index (χ1) is 22.0. The van der Waals surface area contributed by atoms with Gasteiger partial charge < -0.3 is 14.8 Å². The molecule has 0 spiro atoms. The second kappa shape index (κ2) is 15.6. The lowest BCUT2D eigenvalue weighted by Gasteiger charge is -2.43. The Morgan fingerprint density at radius 2 is 1.59 bits per heavy atom. The molecule has 0 saturated carbocycles. The number of piperidine rings is 1. The average Bonchev–Trinajstić information content (AvgIpc) is 3.48. The van der Waals surface area contributed by atoms with E-state index in [9.17, 15) is 10.1 Å². The van der Waals surface area contributed by atoms with Crippen LogP contribution in [-0.4, -0.2) is 72.9 Å². The van der Waals surface area contributed by atoms with E-state index < -0.39 is 0 Å². The van der Waals surface area contributed by atoms with Crippen LogP contribution in [0.25, 0.3) is 10.9 Å². The fraction of sp³-hybridized carbons (Fsp3) is 0.600. The fourth-order valence-electron chi connectivity index (χ4n) is 6.82. The molecule has 3 aromatic rings. The van der Waals surface area contributed by atoms with E-state index in [2.05, 4.69) is 100 Å². The van der Waals surface area contributed by atoms with Crippen molar-refractivity contribution >= 4 is 22.4 Å². The van der Waals surface area contributed by atoms with Gasteiger partial charge in [0.2, 0.25) is 0 Å². The third-order valence-corrected chi connectivity index (χ3v) is 10.5. The SMILES string of the molecule is CCC(C)C.CCCC.CCc1cc2c(cc1N1CCC(N3CCN(C)CC3)CC1)C(C)(C)c1[nH]c3cc(C#N)ccc3c1C2=O. The van der Waals surface area contributed by atoms with Gasteiger partial charge >= 0.3 is 0 Å². The van der Waals surface area contributed by atoms with Crippen molar-refractivity contribution in [1.29, 1.82) is 5.26 Å². The monoisotopic (exact) mass is 625 g/mol. The molecule has 3 heterocycles. The third-order valence-electron chi connectivity index (χ3n) is 10.5. The number of aryl methyl sites for hydroxylation is 1. The molecule has 6 rings (SSSR count). The Labute approximate surface area is 279 Å². The molecule has 0 atom stereocenters. The molecule has 0 unspecified atom stereocenters. The lowest BCUT2D eigenvalue weighted by Crippen LogP contribution is -2.52. The predicted molar refractivity (Wildman–Crippen MR) is 194 cm³/mol. The highest BCUT2D eigenvalue weighted by atomic mass is 16.1. The average molecular weight is 626 g/mol. The lowest BCUT2D eigenvalue weighted by atomic mass is 9.70. The number of aromatic nitrogens is 1. The van der Waals surface area contributed by atoms with Crippen LogP contribution in [0, 0.1) is 17.2 Å². The van der Waals surface area contributed by atoms with Crippen molar-refractivity contribution in [2.45, 2.75) is 105 Å². The Kier molecular flexibility index (Phi) is 12.1. The summed E-state index contributed by atoms with van der Waals surface area (Å²) in [6.45, 7) is 24.4. The summed E-state index contributed by atoms with van der Waals surface area (Å²) in [7, 11) is 2.22. The number of carbonyl (C=O) groups excluding carboxylic acids is 1. The van der Waals surface area contributed by atoms with E-state index in [0.29, 0.717) is 11.6 Å². The molecule has 1 N–H and O–H groups in total. The number of nitriles is 1. The Morgan fingerprint density at radius 3 is 2.13 bits per heavy atom. The van der Waals surface area contributed by atoms with Crippen LogP contribution < -0.4 is 4.90 Å². The first kappa shape index (κ1) is 35.7. The molecule has 2 fully saturated rings. The molecular weight excluding hydrogens is 566 g/mol. The van der Waals surface area contributed by atoms with Crippen LogP contribution in [0.1, 0.15) is 126 Å². The molecule has 2 aromatic carbocycles. The van der Waals surface area contributed by atoms with Crippen molar-refractivity contribution in [3.63, 3.8) is 0 Å². The number of hydrogen-bond donors (Lipinski definition) is 1. The number of nitrogens with one attached hydrogen (secondary N) is 1. The zero-order chi connectivity index (χ0) is 33.6. The van der Waals surface area contributed by atoms with Gasteiger partial charge in [0, 0.05) is 78.6 Å². The zero-order valence-electron chi connectivity index (χ0n) is 30.2. The number of likely N-dealkylation sites (N-methyl/N-ethyl adjacent to an activating group) is 1. The number of benzene rings is 2. The van der Waals surface area contributed by atoms with Gasteiger partial charge in [-0.25, -0.2) is 0 Å². The van der Waals surface area contributed by atoms with E-state index >= 15 is 0 Å². The summed E-state index contributed by atoms with van der Waals surface area (Å²) in [5, 5.41) is 10.3. The fourth-order valence-corrected chi connectivity index (χ4v) is 6.82. The van der Waals surface area contributed by atoms with Gasteiger partial charge in [-0.3, -0.25) is 9.69 Å². The van der Waals surface area contributed by atoms with Crippen LogP contribution in [0.2, 0.25) is 0 Å². The number of carbonyl (C=O) groups is 1. The summed E-state index contributed by atoms with van der Waals surface area (Å²) in [6.07, 6.45) is 7.24. The van der Waals surface area contributed by atoms with Gasteiger partial charge in [-0.1, -0.05) is 80.7 Å². The topological polar surface area (TPSA) is 66.4 Å². The molecule has 6 nitrogen and oxygen atoms in total. The number of anilines is 1. The van der Waals surface area contributed by atoms with E-state index in [1.807, 2.05) is 12.1 Å². The number of fused-ring (bicyclic) bond motifs is 4. The van der Waals surface area contributed by atoms with Crippen molar-refractivity contribution in [3.05, 3.63) is 63.8 Å². The molecule has 0 radical (unpaired) electrons. The molecule has 1 aliphatic carbocycles. The number of hydrogen-bond acceptors (Lipinski definition) is 5. The predicted octanol–water partition coefficient (Wildman–Crippen LogP) is 8.55. The van der Waals surface area contributed by atoms with Crippen molar-refractivity contribution < 1.29 is 4.79 Å². The van der Waals surface area contributed by atoms with E-state index in [0.717, 1.165) is 58.7 Å². The second-order valence-corrected chi connectivity index (χ2v) is 14.4. The van der Waals surface area contributed by atoms with E-state index in [-0.39, 0.29) is 11.2 Å². The molecule has 6 heteroatoms. The van der Waals surface area contributed by atoms with Gasteiger partial charge in [0.1, 0.15) is 0 Å². The molecule has 2 saturated heterocycles. The summed E-state index contributed by atoms with van der Waals surface area (Å²) >= 11 is 0. The Morgan fingerprint density at radius 1 is 0.957 bits per heavy atom. The third kappa shape index (κ3) is 7.53. The van der Waals surface area contributed by atoms with Crippen molar-refractivity contribution in [1.82, 2.24) is 14.8 Å². The quantitative estimate of drug-likeness (QED) is 0.308. The number of ketones is 1. The maximum Gasteiger partial charge on any atom is 0.195 e.